The van der Waals surface area contributed by atoms with Gasteiger partial charge in [-0.15, -0.1) is 0 Å². The maximum Gasteiger partial charge on any atom is 0.266 e. The number of rotatable bonds is 3. The maximum atomic E-state index is 13.5. The normalized spacial score (nSPS) is 22.8. The van der Waals surface area contributed by atoms with E-state index in [0.717, 1.165) is 4.90 Å². The van der Waals surface area contributed by atoms with Gasteiger partial charge in [-0.3, -0.25) is 14.4 Å². The van der Waals surface area contributed by atoms with Crippen LogP contribution < -0.4 is 9.96 Å². The minimum absolute atomic E-state index is 0.0149. The molecule has 3 aromatic carbocycles. The molecule has 0 aromatic heterocycles. The van der Waals surface area contributed by atoms with E-state index in [1.54, 1.807) is 24.3 Å². The summed E-state index contributed by atoms with van der Waals surface area (Å²) in [7, 11) is 0. The molecule has 3 aromatic rings. The van der Waals surface area contributed by atoms with E-state index in [9.17, 15) is 19.1 Å². The van der Waals surface area contributed by atoms with Crippen LogP contribution in [0.5, 0.6) is 5.75 Å². The molecule has 0 saturated carbocycles. The zero-order valence-electron chi connectivity index (χ0n) is 16.0. The number of para-hydroxylation sites is 1. The number of carbonyl (C=O) groups excluding carboxylic acids is 2. The molecule has 2 saturated heterocycles. The summed E-state index contributed by atoms with van der Waals surface area (Å²) < 4.78 is 14.1. The molecular formula is C23H16BrFN2O4. The molecule has 156 valence electrons. The lowest BCUT2D eigenvalue weighted by atomic mass is 9.90. The summed E-state index contributed by atoms with van der Waals surface area (Å²) in [4.78, 5) is 33.7. The van der Waals surface area contributed by atoms with Crippen molar-refractivity contribution in [2.24, 2.45) is 5.92 Å². The fraction of sp³-hybridized carbons (Fsp3) is 0.130. The monoisotopic (exact) mass is 482 g/mol. The van der Waals surface area contributed by atoms with Crippen LogP contribution >= 0.6 is 15.9 Å². The lowest BCUT2D eigenvalue weighted by Crippen LogP contribution is -2.37. The number of nitrogens with zero attached hydrogens (tertiary/aromatic N) is 2. The molecule has 5 rings (SSSR count). The molecule has 31 heavy (non-hydrogen) atoms. The first kappa shape index (κ1) is 19.7. The molecule has 2 amide bonds. The predicted octanol–water partition coefficient (Wildman–Crippen LogP) is 4.34. The summed E-state index contributed by atoms with van der Waals surface area (Å²) in [6, 6.07) is 18.4. The number of anilines is 2. The van der Waals surface area contributed by atoms with E-state index in [0.29, 0.717) is 15.7 Å². The summed E-state index contributed by atoms with van der Waals surface area (Å²) >= 11 is 3.41. The Kier molecular flexibility index (Phi) is 4.75. The first-order chi connectivity index (χ1) is 15.0. The van der Waals surface area contributed by atoms with Gasteiger partial charge in [0.2, 0.25) is 5.91 Å². The van der Waals surface area contributed by atoms with Crippen LogP contribution in [0.25, 0.3) is 0 Å². The van der Waals surface area contributed by atoms with E-state index < -0.39 is 35.7 Å². The van der Waals surface area contributed by atoms with Crippen molar-refractivity contribution in [2.75, 3.05) is 9.96 Å². The second kappa shape index (κ2) is 7.47. The van der Waals surface area contributed by atoms with E-state index in [2.05, 4.69) is 15.9 Å². The van der Waals surface area contributed by atoms with Crippen molar-refractivity contribution in [3.8, 4) is 5.75 Å². The average Bonchev–Trinajstić information content (AvgIpc) is 3.28. The highest BCUT2D eigenvalue weighted by Crippen LogP contribution is 2.49. The Hall–Kier alpha value is -3.23. The van der Waals surface area contributed by atoms with Crippen LogP contribution in [0.3, 0.4) is 0 Å². The third-order valence-electron chi connectivity index (χ3n) is 5.52. The van der Waals surface area contributed by atoms with Crippen molar-refractivity contribution in [3.05, 3.63) is 88.6 Å². The van der Waals surface area contributed by atoms with Gasteiger partial charge in [0.1, 0.15) is 17.5 Å². The third-order valence-corrected chi connectivity index (χ3v) is 6.01. The van der Waals surface area contributed by atoms with Gasteiger partial charge in [0, 0.05) is 10.0 Å². The molecule has 0 aliphatic carbocycles. The fourth-order valence-corrected chi connectivity index (χ4v) is 4.51. The molecular weight excluding hydrogens is 467 g/mol. The Morgan fingerprint density at radius 3 is 2.32 bits per heavy atom. The molecule has 3 atom stereocenters. The van der Waals surface area contributed by atoms with Gasteiger partial charge in [0.05, 0.1) is 17.4 Å². The lowest BCUT2D eigenvalue weighted by molar-refractivity contribution is -0.126. The molecule has 1 N–H and O–H groups in total. The molecule has 2 aliphatic heterocycles. The molecule has 0 bridgehead atoms. The summed E-state index contributed by atoms with van der Waals surface area (Å²) in [5.74, 6) is -2.37. The Morgan fingerprint density at radius 2 is 1.61 bits per heavy atom. The van der Waals surface area contributed by atoms with E-state index >= 15 is 0 Å². The van der Waals surface area contributed by atoms with E-state index in [1.807, 2.05) is 18.2 Å². The largest absolute Gasteiger partial charge is 0.508 e. The van der Waals surface area contributed by atoms with Crippen molar-refractivity contribution < 1.29 is 23.9 Å². The molecule has 0 unspecified atom stereocenters. The zero-order chi connectivity index (χ0) is 21.7. The minimum atomic E-state index is -1.07. The summed E-state index contributed by atoms with van der Waals surface area (Å²) in [6.07, 6.45) is -1.07. The molecule has 2 heterocycles. The molecule has 2 fully saturated rings. The maximum absolute atomic E-state index is 13.5. The Bertz CT molecular complexity index is 1170. The number of phenols is 1. The number of carbonyl (C=O) groups is 2. The highest BCUT2D eigenvalue weighted by molar-refractivity contribution is 9.10. The van der Waals surface area contributed by atoms with Crippen molar-refractivity contribution in [3.63, 3.8) is 0 Å². The highest BCUT2D eigenvalue weighted by Gasteiger charge is 2.60. The van der Waals surface area contributed by atoms with Crippen molar-refractivity contribution in [1.29, 1.82) is 0 Å². The van der Waals surface area contributed by atoms with Crippen LogP contribution in [0.15, 0.2) is 77.3 Å². The topological polar surface area (TPSA) is 70.1 Å². The van der Waals surface area contributed by atoms with Gasteiger partial charge in [-0.2, -0.15) is 0 Å². The Labute approximate surface area is 185 Å². The van der Waals surface area contributed by atoms with Crippen LogP contribution in [-0.4, -0.2) is 23.0 Å². The Morgan fingerprint density at radius 1 is 0.903 bits per heavy atom. The van der Waals surface area contributed by atoms with Gasteiger partial charge in [-0.1, -0.05) is 34.1 Å². The van der Waals surface area contributed by atoms with Gasteiger partial charge in [-0.25, -0.2) is 14.4 Å². The number of hydroxylamine groups is 1. The summed E-state index contributed by atoms with van der Waals surface area (Å²) in [5, 5.41) is 12.1. The van der Waals surface area contributed by atoms with Crippen molar-refractivity contribution in [1.82, 2.24) is 0 Å². The number of aromatic hydroxyl groups is 1. The third kappa shape index (κ3) is 3.19. The molecule has 0 radical (unpaired) electrons. The van der Waals surface area contributed by atoms with Crippen LogP contribution in [0.2, 0.25) is 0 Å². The predicted molar refractivity (Wildman–Crippen MR) is 115 cm³/mol. The molecule has 8 heteroatoms. The minimum Gasteiger partial charge on any atom is -0.508 e. The van der Waals surface area contributed by atoms with Gasteiger partial charge in [-0.05, 0) is 54.6 Å². The zero-order valence-corrected chi connectivity index (χ0v) is 17.6. The molecule has 0 spiro atoms. The number of benzene rings is 3. The van der Waals surface area contributed by atoms with Crippen molar-refractivity contribution >= 4 is 39.1 Å². The number of imide groups is 1. The van der Waals surface area contributed by atoms with Crippen LogP contribution in [0.4, 0.5) is 15.8 Å². The lowest BCUT2D eigenvalue weighted by Gasteiger charge is -2.29. The number of hydrogen-bond donors (Lipinski definition) is 1. The number of phenolic OH excluding ortho intramolecular Hbond substituents is 1. The van der Waals surface area contributed by atoms with Gasteiger partial charge >= 0.3 is 0 Å². The second-order valence-electron chi connectivity index (χ2n) is 7.35. The van der Waals surface area contributed by atoms with Crippen LogP contribution in [0.1, 0.15) is 11.6 Å². The van der Waals surface area contributed by atoms with Gasteiger partial charge < -0.3 is 5.11 Å². The summed E-state index contributed by atoms with van der Waals surface area (Å²) in [5.41, 5.74) is 1.38. The number of halogens is 2. The fourth-order valence-electron chi connectivity index (χ4n) is 4.14. The highest BCUT2D eigenvalue weighted by atomic mass is 79.9. The van der Waals surface area contributed by atoms with Crippen LogP contribution in [-0.2, 0) is 14.4 Å². The first-order valence-corrected chi connectivity index (χ1v) is 10.4. The smallest absolute Gasteiger partial charge is 0.266 e. The molecule has 6 nitrogen and oxygen atoms in total. The summed E-state index contributed by atoms with van der Waals surface area (Å²) in [6.45, 7) is 0. The number of hydrogen-bond acceptors (Lipinski definition) is 5. The van der Waals surface area contributed by atoms with Gasteiger partial charge in [0.15, 0.2) is 6.10 Å². The quantitative estimate of drug-likeness (QED) is 0.562. The first-order valence-electron chi connectivity index (χ1n) is 9.58. The van der Waals surface area contributed by atoms with Crippen LogP contribution in [0, 0.1) is 11.7 Å². The molecule has 2 aliphatic rings. The van der Waals surface area contributed by atoms with Crippen molar-refractivity contribution in [2.45, 2.75) is 12.1 Å². The second-order valence-corrected chi connectivity index (χ2v) is 8.27. The van der Waals surface area contributed by atoms with E-state index in [4.69, 9.17) is 4.84 Å². The Balaban J connectivity index is 1.62. The van der Waals surface area contributed by atoms with E-state index in [1.165, 1.54) is 35.4 Å². The number of fused-ring (bicyclic) bond motifs is 1. The average molecular weight is 483 g/mol. The standard InChI is InChI=1S/C23H16BrFN2O4/c24-13-6-11-18(28)17(12-13)20-19-21(31-27(20)16-4-2-1-3-5-16)23(30)26(22(19)29)15-9-7-14(25)8-10-15/h1-12,19-21,28H/t19-,20+,21+/m1/s1. The number of amides is 2. The SMILES string of the molecule is O=C1[C@H]2[C@H](ON(c3ccccc3)[C@H]2c2cc(Br)ccc2O)C(=O)N1c1ccc(F)cc1. The van der Waals surface area contributed by atoms with Gasteiger partial charge in [0.25, 0.3) is 5.91 Å². The van der Waals surface area contributed by atoms with E-state index in [-0.39, 0.29) is 11.4 Å².